The van der Waals surface area contributed by atoms with Gasteiger partial charge < -0.3 is 10.5 Å². The number of hydrogen-bond acceptors (Lipinski definition) is 3. The van der Waals surface area contributed by atoms with Crippen LogP contribution in [-0.4, -0.2) is 37.1 Å². The van der Waals surface area contributed by atoms with Crippen molar-refractivity contribution < 1.29 is 9.53 Å². The molecule has 0 aromatic heterocycles. The van der Waals surface area contributed by atoms with E-state index >= 15 is 0 Å². The molecule has 2 aromatic carbocycles. The summed E-state index contributed by atoms with van der Waals surface area (Å²) < 4.78 is 5.38. The van der Waals surface area contributed by atoms with E-state index in [4.69, 9.17) is 10.5 Å². The summed E-state index contributed by atoms with van der Waals surface area (Å²) >= 11 is 0. The fourth-order valence-corrected chi connectivity index (χ4v) is 2.89. The molecular weight excluding hydrogens is 368 g/mol. The minimum absolute atomic E-state index is 0. The molecule has 3 rings (SSSR count). The zero-order valence-corrected chi connectivity index (χ0v) is 15.5. The minimum atomic E-state index is -0.381. The average Bonchev–Trinajstić information content (AvgIpc) is 2.57. The number of carbonyl (C=O) groups is 1. The number of nitrogens with zero attached hydrogens (tertiary/aromatic N) is 1. The first kappa shape index (κ1) is 18.6. The number of carbonyl (C=O) groups excluding carboxylic acids is 1. The largest absolute Gasteiger partial charge is 0.379 e. The Hall–Kier alpha value is -1.69. The lowest BCUT2D eigenvalue weighted by atomic mass is 9.98. The summed E-state index contributed by atoms with van der Waals surface area (Å²) in [5.41, 5.74) is 10.3. The molecule has 1 amide bonds. The van der Waals surface area contributed by atoms with Crippen LogP contribution in [0.5, 0.6) is 0 Å². The minimum Gasteiger partial charge on any atom is -0.379 e. The Bertz CT molecular complexity index is 695. The van der Waals surface area contributed by atoms with Gasteiger partial charge in [0.25, 0.3) is 0 Å². The summed E-state index contributed by atoms with van der Waals surface area (Å²) in [6.45, 7) is 6.46. The Morgan fingerprint density at radius 1 is 1.08 bits per heavy atom. The Labute approximate surface area is 153 Å². The van der Waals surface area contributed by atoms with Crippen molar-refractivity contribution in [2.45, 2.75) is 13.5 Å². The van der Waals surface area contributed by atoms with Crippen LogP contribution in [0.15, 0.2) is 42.5 Å². The zero-order valence-electron chi connectivity index (χ0n) is 13.8. The quantitative estimate of drug-likeness (QED) is 0.871. The molecule has 128 valence electrons. The maximum absolute atomic E-state index is 11.5. The number of morpholine rings is 1. The molecule has 24 heavy (non-hydrogen) atoms. The lowest BCUT2D eigenvalue weighted by Crippen LogP contribution is -2.35. The molecule has 1 saturated heterocycles. The topological polar surface area (TPSA) is 55.6 Å². The van der Waals surface area contributed by atoms with E-state index in [9.17, 15) is 4.79 Å². The maximum Gasteiger partial charge on any atom is 0.248 e. The van der Waals surface area contributed by atoms with Crippen molar-refractivity contribution in [1.29, 1.82) is 0 Å². The van der Waals surface area contributed by atoms with Crippen molar-refractivity contribution in [3.8, 4) is 11.1 Å². The summed E-state index contributed by atoms with van der Waals surface area (Å²) in [5.74, 6) is -0.381. The molecule has 0 spiro atoms. The van der Waals surface area contributed by atoms with E-state index in [2.05, 4.69) is 29.2 Å². The van der Waals surface area contributed by atoms with Crippen LogP contribution < -0.4 is 5.73 Å². The predicted octanol–water partition coefficient (Wildman–Crippen LogP) is 3.17. The lowest BCUT2D eigenvalue weighted by molar-refractivity contribution is 0.0342. The van der Waals surface area contributed by atoms with Crippen molar-refractivity contribution >= 4 is 22.9 Å². The summed E-state index contributed by atoms with van der Waals surface area (Å²) in [5, 5.41) is 0. The van der Waals surface area contributed by atoms with Crippen molar-refractivity contribution in [3.63, 3.8) is 0 Å². The first-order valence-electron chi connectivity index (χ1n) is 7.93. The standard InChI is InChI=1S/C19H22N2O2.BrH/c1-14-2-5-17(12-18(14)19(20)22)16-6-3-15(4-7-16)13-21-8-10-23-11-9-21;/h2-7,12H,8-11,13H2,1H3,(H2,20,22);1H. The van der Waals surface area contributed by atoms with E-state index < -0.39 is 0 Å². The normalized spacial score (nSPS) is 14.9. The van der Waals surface area contributed by atoms with E-state index in [0.29, 0.717) is 5.56 Å². The molecule has 0 unspecified atom stereocenters. The van der Waals surface area contributed by atoms with Gasteiger partial charge in [-0.15, -0.1) is 17.0 Å². The van der Waals surface area contributed by atoms with E-state index in [1.165, 1.54) is 5.56 Å². The van der Waals surface area contributed by atoms with E-state index in [1.54, 1.807) is 0 Å². The second-order valence-electron chi connectivity index (χ2n) is 5.98. The molecule has 0 radical (unpaired) electrons. The Morgan fingerprint density at radius 3 is 2.33 bits per heavy atom. The molecule has 1 aliphatic heterocycles. The van der Waals surface area contributed by atoms with Gasteiger partial charge in [0.05, 0.1) is 13.2 Å². The summed E-state index contributed by atoms with van der Waals surface area (Å²) in [4.78, 5) is 13.9. The number of nitrogens with two attached hydrogens (primary N) is 1. The predicted molar refractivity (Wildman–Crippen MR) is 102 cm³/mol. The summed E-state index contributed by atoms with van der Waals surface area (Å²) in [6, 6.07) is 14.3. The van der Waals surface area contributed by atoms with E-state index in [1.807, 2.05) is 25.1 Å². The van der Waals surface area contributed by atoms with Gasteiger partial charge in [0.15, 0.2) is 0 Å². The van der Waals surface area contributed by atoms with Gasteiger partial charge in [-0.3, -0.25) is 9.69 Å². The third-order valence-electron chi connectivity index (χ3n) is 4.30. The molecule has 0 atom stereocenters. The Kier molecular flexibility index (Phi) is 6.54. The summed E-state index contributed by atoms with van der Waals surface area (Å²) in [7, 11) is 0. The molecule has 5 heteroatoms. The van der Waals surface area contributed by atoms with Crippen molar-refractivity contribution in [3.05, 3.63) is 59.2 Å². The van der Waals surface area contributed by atoms with Crippen molar-refractivity contribution in [2.24, 2.45) is 5.73 Å². The van der Waals surface area contributed by atoms with Crippen LogP contribution in [0.4, 0.5) is 0 Å². The van der Waals surface area contributed by atoms with Crippen LogP contribution in [0, 0.1) is 6.92 Å². The fraction of sp³-hybridized carbons (Fsp3) is 0.316. The van der Waals surface area contributed by atoms with Crippen LogP contribution in [0.1, 0.15) is 21.5 Å². The molecular formula is C19H23BrN2O2. The highest BCUT2D eigenvalue weighted by atomic mass is 79.9. The number of ether oxygens (including phenoxy) is 1. The van der Waals surface area contributed by atoms with Gasteiger partial charge in [0.1, 0.15) is 0 Å². The number of benzene rings is 2. The molecule has 1 aliphatic rings. The fourth-order valence-electron chi connectivity index (χ4n) is 2.89. The first-order valence-corrected chi connectivity index (χ1v) is 7.93. The number of halogens is 1. The van der Waals surface area contributed by atoms with Crippen molar-refractivity contribution in [1.82, 2.24) is 4.90 Å². The van der Waals surface area contributed by atoms with Gasteiger partial charge in [-0.25, -0.2) is 0 Å². The van der Waals surface area contributed by atoms with Crippen LogP contribution in [-0.2, 0) is 11.3 Å². The van der Waals surface area contributed by atoms with E-state index in [-0.39, 0.29) is 22.9 Å². The van der Waals surface area contributed by atoms with Gasteiger partial charge >= 0.3 is 0 Å². The van der Waals surface area contributed by atoms with Crippen LogP contribution in [0.3, 0.4) is 0 Å². The number of primary amides is 1. The highest BCUT2D eigenvalue weighted by Gasteiger charge is 2.11. The molecule has 2 N–H and O–H groups in total. The molecule has 0 aliphatic carbocycles. The molecule has 4 nitrogen and oxygen atoms in total. The van der Waals surface area contributed by atoms with Gasteiger partial charge in [-0.2, -0.15) is 0 Å². The molecule has 0 bridgehead atoms. The lowest BCUT2D eigenvalue weighted by Gasteiger charge is -2.26. The monoisotopic (exact) mass is 390 g/mol. The second kappa shape index (κ2) is 8.42. The molecule has 0 saturated carbocycles. The van der Waals surface area contributed by atoms with Crippen LogP contribution in [0.2, 0.25) is 0 Å². The van der Waals surface area contributed by atoms with Gasteiger partial charge in [-0.05, 0) is 35.2 Å². The summed E-state index contributed by atoms with van der Waals surface area (Å²) in [6.07, 6.45) is 0. The highest BCUT2D eigenvalue weighted by Crippen LogP contribution is 2.23. The van der Waals surface area contributed by atoms with Crippen LogP contribution in [0.25, 0.3) is 11.1 Å². The number of amides is 1. The molecule has 2 aromatic rings. The first-order chi connectivity index (χ1) is 11.1. The molecule has 1 heterocycles. The van der Waals surface area contributed by atoms with E-state index in [0.717, 1.165) is 49.5 Å². The van der Waals surface area contributed by atoms with Crippen LogP contribution >= 0.6 is 17.0 Å². The number of aryl methyl sites for hydroxylation is 1. The Morgan fingerprint density at radius 2 is 1.71 bits per heavy atom. The second-order valence-corrected chi connectivity index (χ2v) is 5.98. The maximum atomic E-state index is 11.5. The van der Waals surface area contributed by atoms with Gasteiger partial charge in [0, 0.05) is 25.2 Å². The number of rotatable bonds is 4. The third-order valence-corrected chi connectivity index (χ3v) is 4.30. The van der Waals surface area contributed by atoms with Crippen molar-refractivity contribution in [2.75, 3.05) is 26.3 Å². The molecule has 1 fully saturated rings. The SMILES string of the molecule is Br.Cc1ccc(-c2ccc(CN3CCOCC3)cc2)cc1C(N)=O. The highest BCUT2D eigenvalue weighted by molar-refractivity contribution is 8.93. The smallest absolute Gasteiger partial charge is 0.248 e. The number of hydrogen-bond donors (Lipinski definition) is 1. The average molecular weight is 391 g/mol. The van der Waals surface area contributed by atoms with Gasteiger partial charge in [-0.1, -0.05) is 36.4 Å². The Balaban J connectivity index is 0.00000208. The van der Waals surface area contributed by atoms with Gasteiger partial charge in [0.2, 0.25) is 5.91 Å². The zero-order chi connectivity index (χ0) is 16.2. The third kappa shape index (κ3) is 4.44.